The van der Waals surface area contributed by atoms with Crippen LogP contribution in [0, 0.1) is 17.0 Å². The lowest BCUT2D eigenvalue weighted by Crippen LogP contribution is -2.12. The van der Waals surface area contributed by atoms with E-state index in [1.807, 2.05) is 7.05 Å². The van der Waals surface area contributed by atoms with E-state index in [2.05, 4.69) is 25.5 Å². The fraction of sp³-hybridized carbons (Fsp3) is 0.400. The van der Waals surface area contributed by atoms with Crippen LogP contribution in [0.2, 0.25) is 5.28 Å². The molecule has 0 saturated carbocycles. The summed E-state index contributed by atoms with van der Waals surface area (Å²) in [5.41, 5.74) is 0.0449. The minimum absolute atomic E-state index is 0.0331. The van der Waals surface area contributed by atoms with E-state index in [0.29, 0.717) is 13.0 Å². The molecule has 106 valence electrons. The van der Waals surface area contributed by atoms with E-state index in [0.717, 1.165) is 5.82 Å². The SMILES string of the molecule is Cc1nc(Cl)nc(NCCc2nncn2C)c1[N+](=O)[O-]. The maximum Gasteiger partial charge on any atom is 0.332 e. The third-order valence-corrected chi connectivity index (χ3v) is 2.83. The lowest BCUT2D eigenvalue weighted by Gasteiger charge is -2.07. The van der Waals surface area contributed by atoms with Gasteiger partial charge < -0.3 is 9.88 Å². The molecule has 0 aliphatic heterocycles. The molecular weight excluding hydrogens is 286 g/mol. The van der Waals surface area contributed by atoms with Gasteiger partial charge in [0.25, 0.3) is 0 Å². The number of nitrogens with one attached hydrogen (secondary N) is 1. The number of anilines is 1. The predicted molar refractivity (Wildman–Crippen MR) is 71.6 cm³/mol. The third-order valence-electron chi connectivity index (χ3n) is 2.66. The van der Waals surface area contributed by atoms with Crippen molar-refractivity contribution in [2.45, 2.75) is 13.3 Å². The van der Waals surface area contributed by atoms with E-state index >= 15 is 0 Å². The van der Waals surface area contributed by atoms with Gasteiger partial charge in [-0.2, -0.15) is 4.98 Å². The van der Waals surface area contributed by atoms with E-state index < -0.39 is 4.92 Å². The van der Waals surface area contributed by atoms with Gasteiger partial charge >= 0.3 is 5.69 Å². The quantitative estimate of drug-likeness (QED) is 0.500. The Labute approximate surface area is 119 Å². The predicted octanol–water partition coefficient (Wildman–Crippen LogP) is 1.13. The number of halogens is 1. The molecule has 20 heavy (non-hydrogen) atoms. The monoisotopic (exact) mass is 297 g/mol. The minimum Gasteiger partial charge on any atom is -0.364 e. The van der Waals surface area contributed by atoms with Crippen molar-refractivity contribution in [3.63, 3.8) is 0 Å². The molecule has 0 spiro atoms. The van der Waals surface area contributed by atoms with Gasteiger partial charge in [-0.3, -0.25) is 10.1 Å². The Morgan fingerprint density at radius 2 is 2.25 bits per heavy atom. The van der Waals surface area contributed by atoms with Crippen molar-refractivity contribution in [2.24, 2.45) is 7.05 Å². The van der Waals surface area contributed by atoms with Crippen molar-refractivity contribution in [3.05, 3.63) is 33.2 Å². The summed E-state index contributed by atoms with van der Waals surface area (Å²) in [5.74, 6) is 0.867. The average molecular weight is 298 g/mol. The summed E-state index contributed by atoms with van der Waals surface area (Å²) in [6, 6.07) is 0. The van der Waals surface area contributed by atoms with Crippen molar-refractivity contribution >= 4 is 23.1 Å². The lowest BCUT2D eigenvalue weighted by atomic mass is 10.3. The normalized spacial score (nSPS) is 10.6. The first-order valence-electron chi connectivity index (χ1n) is 5.74. The highest BCUT2D eigenvalue weighted by atomic mass is 35.5. The number of hydrogen-bond donors (Lipinski definition) is 1. The Kier molecular flexibility index (Phi) is 4.08. The second-order valence-corrected chi connectivity index (χ2v) is 4.41. The van der Waals surface area contributed by atoms with Crippen LogP contribution in [0.3, 0.4) is 0 Å². The molecule has 2 aromatic rings. The lowest BCUT2D eigenvalue weighted by molar-refractivity contribution is -0.385. The molecule has 0 radical (unpaired) electrons. The summed E-state index contributed by atoms with van der Waals surface area (Å²) in [6.45, 7) is 1.93. The smallest absolute Gasteiger partial charge is 0.332 e. The van der Waals surface area contributed by atoms with Gasteiger partial charge in [-0.1, -0.05) is 0 Å². The Bertz CT molecular complexity index is 643. The second kappa shape index (κ2) is 5.78. The van der Waals surface area contributed by atoms with Gasteiger partial charge in [0.1, 0.15) is 17.8 Å². The van der Waals surface area contributed by atoms with Crippen molar-refractivity contribution < 1.29 is 4.92 Å². The zero-order valence-corrected chi connectivity index (χ0v) is 11.6. The molecule has 0 fully saturated rings. The number of aromatic nitrogens is 5. The molecule has 0 bridgehead atoms. The molecule has 0 saturated heterocycles. The van der Waals surface area contributed by atoms with Crippen LogP contribution in [0.4, 0.5) is 11.5 Å². The molecule has 9 nitrogen and oxygen atoms in total. The van der Waals surface area contributed by atoms with Crippen molar-refractivity contribution in [1.82, 2.24) is 24.7 Å². The summed E-state index contributed by atoms with van der Waals surface area (Å²) >= 11 is 5.72. The highest BCUT2D eigenvalue weighted by Crippen LogP contribution is 2.26. The number of nitro groups is 1. The molecule has 0 aromatic carbocycles. The summed E-state index contributed by atoms with van der Waals surface area (Å²) in [4.78, 5) is 18.1. The largest absolute Gasteiger partial charge is 0.364 e. The molecule has 0 atom stereocenters. The van der Waals surface area contributed by atoms with Gasteiger partial charge in [0.2, 0.25) is 11.1 Å². The van der Waals surface area contributed by atoms with Crippen LogP contribution in [0.25, 0.3) is 0 Å². The Morgan fingerprint density at radius 1 is 1.50 bits per heavy atom. The number of hydrogen-bond acceptors (Lipinski definition) is 7. The molecule has 0 aliphatic carbocycles. The van der Waals surface area contributed by atoms with Crippen molar-refractivity contribution in [1.29, 1.82) is 0 Å². The fourth-order valence-electron chi connectivity index (χ4n) is 1.70. The van der Waals surface area contributed by atoms with Crippen LogP contribution >= 0.6 is 11.6 Å². The first-order chi connectivity index (χ1) is 9.49. The zero-order chi connectivity index (χ0) is 14.7. The molecule has 2 aromatic heterocycles. The second-order valence-electron chi connectivity index (χ2n) is 4.07. The van der Waals surface area contributed by atoms with Crippen LogP contribution in [0.15, 0.2) is 6.33 Å². The van der Waals surface area contributed by atoms with Gasteiger partial charge in [0, 0.05) is 20.0 Å². The summed E-state index contributed by atoms with van der Waals surface area (Å²) in [5, 5.41) is 21.5. The highest BCUT2D eigenvalue weighted by molar-refractivity contribution is 6.28. The Balaban J connectivity index is 2.13. The maximum absolute atomic E-state index is 11.0. The molecule has 1 N–H and O–H groups in total. The molecule has 2 rings (SSSR count). The molecule has 10 heteroatoms. The Hall–Kier alpha value is -2.29. The van der Waals surface area contributed by atoms with E-state index in [9.17, 15) is 10.1 Å². The molecule has 0 aliphatic rings. The standard InChI is InChI=1S/C10H12ClN7O2/c1-6-8(18(19)20)9(15-10(11)14-6)12-4-3-7-16-13-5-17(7)2/h5H,3-4H2,1-2H3,(H,12,14,15). The highest BCUT2D eigenvalue weighted by Gasteiger charge is 2.21. The molecule has 0 amide bonds. The Morgan fingerprint density at radius 3 is 2.85 bits per heavy atom. The van der Waals surface area contributed by atoms with E-state index in [1.165, 1.54) is 6.92 Å². The van der Waals surface area contributed by atoms with Crippen molar-refractivity contribution in [2.75, 3.05) is 11.9 Å². The van der Waals surface area contributed by atoms with Crippen LogP contribution in [0.1, 0.15) is 11.5 Å². The minimum atomic E-state index is -0.531. The summed E-state index contributed by atoms with van der Waals surface area (Å²) in [6.07, 6.45) is 2.14. The van der Waals surface area contributed by atoms with Gasteiger partial charge in [0.15, 0.2) is 0 Å². The number of rotatable bonds is 5. The zero-order valence-electron chi connectivity index (χ0n) is 10.9. The molecule has 2 heterocycles. The number of aryl methyl sites for hydroxylation is 2. The maximum atomic E-state index is 11.0. The molecule has 0 unspecified atom stereocenters. The first kappa shape index (κ1) is 14.1. The van der Waals surface area contributed by atoms with Gasteiger partial charge in [-0.05, 0) is 18.5 Å². The van der Waals surface area contributed by atoms with Gasteiger partial charge in [0.05, 0.1) is 4.92 Å². The summed E-state index contributed by atoms with van der Waals surface area (Å²) < 4.78 is 1.77. The van der Waals surface area contributed by atoms with E-state index in [-0.39, 0.29) is 22.5 Å². The van der Waals surface area contributed by atoms with Crippen LogP contribution in [-0.2, 0) is 13.5 Å². The van der Waals surface area contributed by atoms with E-state index in [1.54, 1.807) is 10.9 Å². The summed E-state index contributed by atoms with van der Waals surface area (Å²) in [7, 11) is 1.82. The third kappa shape index (κ3) is 2.99. The van der Waals surface area contributed by atoms with Crippen LogP contribution in [-0.4, -0.2) is 36.2 Å². The average Bonchev–Trinajstić information content (AvgIpc) is 2.73. The van der Waals surface area contributed by atoms with Crippen molar-refractivity contribution in [3.8, 4) is 0 Å². The number of nitrogens with zero attached hydrogens (tertiary/aromatic N) is 6. The van der Waals surface area contributed by atoms with Crippen LogP contribution in [0.5, 0.6) is 0 Å². The fourth-order valence-corrected chi connectivity index (χ4v) is 1.91. The topological polar surface area (TPSA) is 112 Å². The van der Waals surface area contributed by atoms with Crippen LogP contribution < -0.4 is 5.32 Å². The van der Waals surface area contributed by atoms with Gasteiger partial charge in [-0.25, -0.2) is 4.98 Å². The first-order valence-corrected chi connectivity index (χ1v) is 6.12. The van der Waals surface area contributed by atoms with Gasteiger partial charge in [-0.15, -0.1) is 10.2 Å². The van der Waals surface area contributed by atoms with E-state index in [4.69, 9.17) is 11.6 Å². The molecular formula is C10H12ClN7O2.